The summed E-state index contributed by atoms with van der Waals surface area (Å²) in [5, 5.41) is 14.7. The van der Waals surface area contributed by atoms with Gasteiger partial charge < -0.3 is 10.1 Å². The van der Waals surface area contributed by atoms with E-state index >= 15 is 0 Å². The van der Waals surface area contributed by atoms with Crippen LogP contribution in [0.15, 0.2) is 0 Å². The molecule has 2 atom stereocenters. The third kappa shape index (κ3) is 2.32. The number of hydrogen-bond acceptors (Lipinski definition) is 5. The van der Waals surface area contributed by atoms with Crippen LogP contribution in [0, 0.1) is 5.92 Å². The SMILES string of the molecule is CNCc1nnnn1CC1CCOC1C. The molecule has 0 aromatic carbocycles. The maximum Gasteiger partial charge on any atom is 0.165 e. The highest BCUT2D eigenvalue weighted by molar-refractivity contribution is 4.82. The van der Waals surface area contributed by atoms with Crippen LogP contribution in [-0.2, 0) is 17.8 Å². The van der Waals surface area contributed by atoms with Crippen LogP contribution < -0.4 is 5.32 Å². The Labute approximate surface area is 89.0 Å². The summed E-state index contributed by atoms with van der Waals surface area (Å²) in [5.74, 6) is 1.42. The minimum Gasteiger partial charge on any atom is -0.378 e. The van der Waals surface area contributed by atoms with E-state index in [1.54, 1.807) is 0 Å². The Bertz CT molecular complexity index is 313. The van der Waals surface area contributed by atoms with Gasteiger partial charge in [0.05, 0.1) is 19.2 Å². The van der Waals surface area contributed by atoms with Crippen molar-refractivity contribution < 1.29 is 4.74 Å². The first-order chi connectivity index (χ1) is 7.31. The molecular formula is C9H17N5O. The second-order valence-electron chi connectivity index (χ2n) is 3.93. The van der Waals surface area contributed by atoms with Crippen LogP contribution in [0.5, 0.6) is 0 Å². The van der Waals surface area contributed by atoms with Gasteiger partial charge in [-0.25, -0.2) is 4.68 Å². The van der Waals surface area contributed by atoms with Gasteiger partial charge in [-0.1, -0.05) is 0 Å². The zero-order valence-corrected chi connectivity index (χ0v) is 9.18. The van der Waals surface area contributed by atoms with Crippen LogP contribution >= 0.6 is 0 Å². The van der Waals surface area contributed by atoms with E-state index in [1.807, 2.05) is 11.7 Å². The minimum absolute atomic E-state index is 0.316. The Morgan fingerprint density at radius 3 is 3.13 bits per heavy atom. The van der Waals surface area contributed by atoms with Crippen LogP contribution in [0.25, 0.3) is 0 Å². The maximum absolute atomic E-state index is 5.52. The fourth-order valence-corrected chi connectivity index (χ4v) is 1.89. The zero-order valence-electron chi connectivity index (χ0n) is 9.18. The van der Waals surface area contributed by atoms with Crippen molar-refractivity contribution in [3.8, 4) is 0 Å². The molecule has 1 aliphatic heterocycles. The molecule has 84 valence electrons. The average molecular weight is 211 g/mol. The summed E-state index contributed by atoms with van der Waals surface area (Å²) >= 11 is 0. The van der Waals surface area contributed by atoms with Gasteiger partial charge in [-0.3, -0.25) is 0 Å². The molecule has 0 saturated carbocycles. The van der Waals surface area contributed by atoms with Crippen molar-refractivity contribution in [3.63, 3.8) is 0 Å². The smallest absolute Gasteiger partial charge is 0.165 e. The van der Waals surface area contributed by atoms with Crippen molar-refractivity contribution in [3.05, 3.63) is 5.82 Å². The second-order valence-corrected chi connectivity index (χ2v) is 3.93. The maximum atomic E-state index is 5.52. The molecule has 6 nitrogen and oxygen atoms in total. The number of nitrogens with zero attached hydrogens (tertiary/aromatic N) is 4. The van der Waals surface area contributed by atoms with E-state index in [0.29, 0.717) is 18.6 Å². The van der Waals surface area contributed by atoms with E-state index in [4.69, 9.17) is 4.74 Å². The Morgan fingerprint density at radius 2 is 2.47 bits per heavy atom. The van der Waals surface area contributed by atoms with Gasteiger partial charge in [0, 0.05) is 12.5 Å². The summed E-state index contributed by atoms with van der Waals surface area (Å²) in [7, 11) is 1.89. The van der Waals surface area contributed by atoms with Crippen molar-refractivity contribution >= 4 is 0 Å². The monoisotopic (exact) mass is 211 g/mol. The normalized spacial score (nSPS) is 26.0. The van der Waals surface area contributed by atoms with Crippen LogP contribution in [-0.4, -0.2) is 40.0 Å². The molecule has 6 heteroatoms. The highest BCUT2D eigenvalue weighted by Gasteiger charge is 2.25. The van der Waals surface area contributed by atoms with Crippen LogP contribution in [0.3, 0.4) is 0 Å². The number of ether oxygens (including phenoxy) is 1. The molecule has 1 N–H and O–H groups in total. The summed E-state index contributed by atoms with van der Waals surface area (Å²) in [6, 6.07) is 0. The van der Waals surface area contributed by atoms with Gasteiger partial charge >= 0.3 is 0 Å². The molecule has 0 bridgehead atoms. The number of rotatable bonds is 4. The van der Waals surface area contributed by atoms with E-state index in [9.17, 15) is 0 Å². The largest absolute Gasteiger partial charge is 0.378 e. The van der Waals surface area contributed by atoms with Crippen molar-refractivity contribution in [2.75, 3.05) is 13.7 Å². The van der Waals surface area contributed by atoms with Gasteiger partial charge in [-0.2, -0.15) is 0 Å². The predicted octanol–water partition coefficient (Wildman–Crippen LogP) is -0.183. The second kappa shape index (κ2) is 4.67. The molecule has 2 rings (SSSR count). The summed E-state index contributed by atoms with van der Waals surface area (Å²) in [4.78, 5) is 0. The van der Waals surface area contributed by atoms with Crippen LogP contribution in [0.1, 0.15) is 19.2 Å². The molecule has 1 aliphatic rings. The summed E-state index contributed by atoms with van der Waals surface area (Å²) < 4.78 is 7.38. The lowest BCUT2D eigenvalue weighted by molar-refractivity contribution is 0.100. The fraction of sp³-hybridized carbons (Fsp3) is 0.889. The van der Waals surface area contributed by atoms with Crippen molar-refractivity contribution in [2.45, 2.75) is 32.5 Å². The Morgan fingerprint density at radius 1 is 1.60 bits per heavy atom. The Kier molecular flexibility index (Phi) is 3.27. The van der Waals surface area contributed by atoms with Crippen molar-refractivity contribution in [1.29, 1.82) is 0 Å². The molecule has 1 aromatic heterocycles. The molecule has 0 aliphatic carbocycles. The standard InChI is InChI=1S/C9H17N5O/c1-7-8(3-4-15-7)6-14-9(5-10-2)11-12-13-14/h7-8,10H,3-6H2,1-2H3. The first kappa shape index (κ1) is 10.5. The van der Waals surface area contributed by atoms with Gasteiger partial charge in [0.1, 0.15) is 0 Å². The van der Waals surface area contributed by atoms with E-state index in [1.165, 1.54) is 0 Å². The van der Waals surface area contributed by atoms with E-state index < -0.39 is 0 Å². The lowest BCUT2D eigenvalue weighted by Gasteiger charge is -2.14. The molecule has 0 amide bonds. The molecule has 2 unspecified atom stereocenters. The lowest BCUT2D eigenvalue weighted by atomic mass is 10.0. The average Bonchev–Trinajstić information content (AvgIpc) is 2.80. The van der Waals surface area contributed by atoms with Gasteiger partial charge in [0.25, 0.3) is 0 Å². The van der Waals surface area contributed by atoms with Crippen LogP contribution in [0.2, 0.25) is 0 Å². The summed E-state index contributed by atoms with van der Waals surface area (Å²) in [6.07, 6.45) is 1.41. The molecular weight excluding hydrogens is 194 g/mol. The Hall–Kier alpha value is -1.01. The Balaban J connectivity index is 2.00. The zero-order chi connectivity index (χ0) is 10.7. The molecule has 0 radical (unpaired) electrons. The van der Waals surface area contributed by atoms with Crippen molar-refractivity contribution in [2.24, 2.45) is 5.92 Å². The molecule has 0 spiro atoms. The first-order valence-corrected chi connectivity index (χ1v) is 5.32. The quantitative estimate of drug-likeness (QED) is 0.748. The van der Waals surface area contributed by atoms with E-state index in [-0.39, 0.29) is 0 Å². The minimum atomic E-state index is 0.316. The third-order valence-electron chi connectivity index (χ3n) is 2.88. The number of hydrogen-bond donors (Lipinski definition) is 1. The van der Waals surface area contributed by atoms with Gasteiger partial charge in [-0.15, -0.1) is 5.10 Å². The highest BCUT2D eigenvalue weighted by atomic mass is 16.5. The van der Waals surface area contributed by atoms with Gasteiger partial charge in [0.15, 0.2) is 5.82 Å². The summed E-state index contributed by atoms with van der Waals surface area (Å²) in [6.45, 7) is 4.52. The molecule has 2 heterocycles. The number of aromatic nitrogens is 4. The number of tetrazole rings is 1. The molecule has 1 aromatic rings. The molecule has 1 saturated heterocycles. The van der Waals surface area contributed by atoms with Crippen molar-refractivity contribution in [1.82, 2.24) is 25.5 Å². The van der Waals surface area contributed by atoms with Gasteiger partial charge in [-0.05, 0) is 30.8 Å². The third-order valence-corrected chi connectivity index (χ3v) is 2.88. The van der Waals surface area contributed by atoms with E-state index in [0.717, 1.165) is 25.4 Å². The first-order valence-electron chi connectivity index (χ1n) is 5.32. The highest BCUT2D eigenvalue weighted by Crippen LogP contribution is 2.21. The number of nitrogens with one attached hydrogen (secondary N) is 1. The topological polar surface area (TPSA) is 64.9 Å². The fourth-order valence-electron chi connectivity index (χ4n) is 1.89. The van der Waals surface area contributed by atoms with Crippen LogP contribution in [0.4, 0.5) is 0 Å². The molecule has 15 heavy (non-hydrogen) atoms. The summed E-state index contributed by atoms with van der Waals surface area (Å²) in [5.41, 5.74) is 0. The van der Waals surface area contributed by atoms with Gasteiger partial charge in [0.2, 0.25) is 0 Å². The lowest BCUT2D eigenvalue weighted by Crippen LogP contribution is -2.21. The molecule has 1 fully saturated rings. The predicted molar refractivity (Wildman–Crippen MR) is 54.1 cm³/mol. The van der Waals surface area contributed by atoms with E-state index in [2.05, 4.69) is 27.8 Å².